The summed E-state index contributed by atoms with van der Waals surface area (Å²) in [5.41, 5.74) is 3.86. The Balaban J connectivity index is 2.33. The van der Waals surface area contributed by atoms with Crippen molar-refractivity contribution in [3.05, 3.63) is 22.9 Å². The fraction of sp³-hybridized carbons (Fsp3) is 0.706. The summed E-state index contributed by atoms with van der Waals surface area (Å²) in [7, 11) is 0. The largest absolute Gasteiger partial charge is 0.354 e. The summed E-state index contributed by atoms with van der Waals surface area (Å²) >= 11 is 0. The van der Waals surface area contributed by atoms with Crippen molar-refractivity contribution < 1.29 is 0 Å². The van der Waals surface area contributed by atoms with Crippen molar-refractivity contribution in [1.29, 1.82) is 0 Å². The van der Waals surface area contributed by atoms with Gasteiger partial charge in [-0.1, -0.05) is 13.8 Å². The van der Waals surface area contributed by atoms with Crippen LogP contribution in [0.5, 0.6) is 0 Å². The van der Waals surface area contributed by atoms with Crippen molar-refractivity contribution in [1.82, 2.24) is 10.3 Å². The van der Waals surface area contributed by atoms with Gasteiger partial charge in [0.25, 0.3) is 0 Å². The smallest absolute Gasteiger partial charge is 0.133 e. The third kappa shape index (κ3) is 3.32. The van der Waals surface area contributed by atoms with E-state index in [2.05, 4.69) is 50.9 Å². The minimum atomic E-state index is 0.591. The predicted octanol–water partition coefficient (Wildman–Crippen LogP) is 3.43. The van der Waals surface area contributed by atoms with Gasteiger partial charge in [-0.05, 0) is 57.7 Å². The van der Waals surface area contributed by atoms with Crippen LogP contribution in [-0.4, -0.2) is 24.1 Å². The summed E-state index contributed by atoms with van der Waals surface area (Å²) in [5, 5.41) is 3.46. The number of rotatable bonds is 4. The van der Waals surface area contributed by atoms with E-state index in [1.54, 1.807) is 0 Å². The maximum absolute atomic E-state index is 4.87. The lowest BCUT2D eigenvalue weighted by atomic mass is 9.92. The summed E-state index contributed by atoms with van der Waals surface area (Å²) in [6.45, 7) is 14.2. The van der Waals surface area contributed by atoms with Gasteiger partial charge in [-0.2, -0.15) is 0 Å². The van der Waals surface area contributed by atoms with E-state index >= 15 is 0 Å². The monoisotopic (exact) mass is 275 g/mol. The molecule has 3 heteroatoms. The standard InChI is InChI=1S/C17H29N3/c1-6-18-11-16-13(3)10-14(4)19-17(16)20-8-7-12(2)9-15(20)5/h10,12,15,18H,6-9,11H2,1-5H3. The molecule has 1 aromatic heterocycles. The third-order valence-corrected chi connectivity index (χ3v) is 4.42. The summed E-state index contributed by atoms with van der Waals surface area (Å²) in [5.74, 6) is 2.05. The van der Waals surface area contributed by atoms with Crippen LogP contribution in [0, 0.1) is 19.8 Å². The molecule has 0 bridgehead atoms. The first kappa shape index (κ1) is 15.3. The lowest BCUT2D eigenvalue weighted by Crippen LogP contribution is -2.41. The second kappa shape index (κ2) is 6.57. The predicted molar refractivity (Wildman–Crippen MR) is 86.3 cm³/mol. The van der Waals surface area contributed by atoms with Crippen molar-refractivity contribution in [2.75, 3.05) is 18.0 Å². The lowest BCUT2D eigenvalue weighted by Gasteiger charge is -2.39. The molecule has 20 heavy (non-hydrogen) atoms. The van der Waals surface area contributed by atoms with Crippen LogP contribution in [-0.2, 0) is 6.54 Å². The normalized spacial score (nSPS) is 23.1. The van der Waals surface area contributed by atoms with Crippen LogP contribution in [0.4, 0.5) is 5.82 Å². The zero-order valence-corrected chi connectivity index (χ0v) is 13.7. The molecule has 0 amide bonds. The van der Waals surface area contributed by atoms with Crippen LogP contribution < -0.4 is 10.2 Å². The van der Waals surface area contributed by atoms with Gasteiger partial charge in [-0.25, -0.2) is 4.98 Å². The molecule has 2 atom stereocenters. The molecular weight excluding hydrogens is 246 g/mol. The molecule has 0 spiro atoms. The van der Waals surface area contributed by atoms with Crippen LogP contribution in [0.1, 0.15) is 50.4 Å². The SMILES string of the molecule is CCNCc1c(C)cc(C)nc1N1CCC(C)CC1C. The first-order valence-electron chi connectivity index (χ1n) is 7.97. The number of aryl methyl sites for hydroxylation is 2. The van der Waals surface area contributed by atoms with Crippen molar-refractivity contribution in [2.45, 2.75) is 60.0 Å². The first-order chi connectivity index (χ1) is 9.52. The van der Waals surface area contributed by atoms with Gasteiger partial charge in [0.15, 0.2) is 0 Å². The second-order valence-corrected chi connectivity index (χ2v) is 6.33. The molecule has 112 valence electrons. The second-order valence-electron chi connectivity index (χ2n) is 6.33. The molecule has 1 fully saturated rings. The summed E-state index contributed by atoms with van der Waals surface area (Å²) < 4.78 is 0. The van der Waals surface area contributed by atoms with Gasteiger partial charge in [0.05, 0.1) is 0 Å². The molecule has 0 radical (unpaired) electrons. The molecule has 3 nitrogen and oxygen atoms in total. The third-order valence-electron chi connectivity index (χ3n) is 4.42. The minimum absolute atomic E-state index is 0.591. The molecule has 1 saturated heterocycles. The van der Waals surface area contributed by atoms with Crippen LogP contribution in [0.3, 0.4) is 0 Å². The summed E-state index contributed by atoms with van der Waals surface area (Å²) in [6, 6.07) is 2.79. The molecule has 2 rings (SSSR count). The van der Waals surface area contributed by atoms with Crippen molar-refractivity contribution in [2.24, 2.45) is 5.92 Å². The Morgan fingerprint density at radius 2 is 2.10 bits per heavy atom. The first-order valence-corrected chi connectivity index (χ1v) is 7.97. The van der Waals surface area contributed by atoms with Gasteiger partial charge in [-0.15, -0.1) is 0 Å². The van der Waals surface area contributed by atoms with E-state index in [0.717, 1.165) is 31.2 Å². The Morgan fingerprint density at radius 3 is 2.75 bits per heavy atom. The van der Waals surface area contributed by atoms with E-state index in [0.29, 0.717) is 6.04 Å². The van der Waals surface area contributed by atoms with Gasteiger partial charge in [-0.3, -0.25) is 0 Å². The van der Waals surface area contributed by atoms with E-state index in [-0.39, 0.29) is 0 Å². The number of pyridine rings is 1. The highest BCUT2D eigenvalue weighted by Crippen LogP contribution is 2.30. The van der Waals surface area contributed by atoms with Crippen molar-refractivity contribution in [3.8, 4) is 0 Å². The van der Waals surface area contributed by atoms with E-state index in [1.807, 2.05) is 0 Å². The number of hydrogen-bond donors (Lipinski definition) is 1. The Hall–Kier alpha value is -1.09. The highest BCUT2D eigenvalue weighted by Gasteiger charge is 2.26. The zero-order chi connectivity index (χ0) is 14.7. The van der Waals surface area contributed by atoms with Gasteiger partial charge in [0.2, 0.25) is 0 Å². The van der Waals surface area contributed by atoms with Gasteiger partial charge in [0.1, 0.15) is 5.82 Å². The van der Waals surface area contributed by atoms with Crippen LogP contribution in [0.2, 0.25) is 0 Å². The number of piperidine rings is 1. The van der Waals surface area contributed by atoms with Crippen LogP contribution in [0.25, 0.3) is 0 Å². The van der Waals surface area contributed by atoms with Crippen molar-refractivity contribution >= 4 is 5.82 Å². The van der Waals surface area contributed by atoms with Crippen LogP contribution in [0.15, 0.2) is 6.07 Å². The Labute approximate surface area is 123 Å². The molecule has 0 saturated carbocycles. The highest BCUT2D eigenvalue weighted by molar-refractivity contribution is 5.52. The van der Waals surface area contributed by atoms with Gasteiger partial charge in [0, 0.05) is 30.4 Å². The molecule has 0 aromatic carbocycles. The summed E-state index contributed by atoms with van der Waals surface area (Å²) in [4.78, 5) is 7.39. The summed E-state index contributed by atoms with van der Waals surface area (Å²) in [6.07, 6.45) is 2.55. The number of hydrogen-bond acceptors (Lipinski definition) is 3. The number of nitrogens with zero attached hydrogens (tertiary/aromatic N) is 2. The number of nitrogens with one attached hydrogen (secondary N) is 1. The quantitative estimate of drug-likeness (QED) is 0.912. The Morgan fingerprint density at radius 1 is 1.35 bits per heavy atom. The highest BCUT2D eigenvalue weighted by atomic mass is 15.2. The molecule has 1 aromatic rings. The average Bonchev–Trinajstić information content (AvgIpc) is 2.37. The topological polar surface area (TPSA) is 28.2 Å². The molecule has 1 aliphatic heterocycles. The minimum Gasteiger partial charge on any atom is -0.354 e. The molecule has 0 aliphatic carbocycles. The Kier molecular flexibility index (Phi) is 5.03. The number of aromatic nitrogens is 1. The van der Waals surface area contributed by atoms with E-state index in [9.17, 15) is 0 Å². The number of anilines is 1. The molecule has 2 heterocycles. The molecule has 1 aliphatic rings. The van der Waals surface area contributed by atoms with E-state index in [1.165, 1.54) is 29.8 Å². The fourth-order valence-electron chi connectivity index (χ4n) is 3.27. The maximum Gasteiger partial charge on any atom is 0.133 e. The van der Waals surface area contributed by atoms with Crippen LogP contribution >= 0.6 is 0 Å². The van der Waals surface area contributed by atoms with Gasteiger partial charge < -0.3 is 10.2 Å². The Bertz CT molecular complexity index is 456. The average molecular weight is 275 g/mol. The van der Waals surface area contributed by atoms with Gasteiger partial charge >= 0.3 is 0 Å². The van der Waals surface area contributed by atoms with Crippen molar-refractivity contribution in [3.63, 3.8) is 0 Å². The fourth-order valence-corrected chi connectivity index (χ4v) is 3.27. The lowest BCUT2D eigenvalue weighted by molar-refractivity contribution is 0.375. The maximum atomic E-state index is 4.87. The molecule has 1 N–H and O–H groups in total. The molecular formula is C17H29N3. The van der Waals surface area contributed by atoms with E-state index < -0.39 is 0 Å². The molecule has 2 unspecified atom stereocenters. The van der Waals surface area contributed by atoms with E-state index in [4.69, 9.17) is 4.98 Å². The zero-order valence-electron chi connectivity index (χ0n) is 13.7.